The van der Waals surface area contributed by atoms with E-state index in [-0.39, 0.29) is 0 Å². The molecule has 1 atom stereocenters. The molecule has 2 nitrogen and oxygen atoms in total. The van der Waals surface area contributed by atoms with Gasteiger partial charge in [-0.15, -0.1) is 0 Å². The summed E-state index contributed by atoms with van der Waals surface area (Å²) in [5, 5.41) is 3.76. The van der Waals surface area contributed by atoms with Gasteiger partial charge in [-0.05, 0) is 48.8 Å². The van der Waals surface area contributed by atoms with E-state index >= 15 is 0 Å². The van der Waals surface area contributed by atoms with Crippen molar-refractivity contribution < 1.29 is 0 Å². The average Bonchev–Trinajstić information content (AvgIpc) is 2.64. The normalized spacial score (nSPS) is 26.8. The van der Waals surface area contributed by atoms with Gasteiger partial charge in [0.15, 0.2) is 0 Å². The molecular formula is C18H28N2. The van der Waals surface area contributed by atoms with Crippen LogP contribution in [0.4, 0.5) is 0 Å². The van der Waals surface area contributed by atoms with E-state index in [0.29, 0.717) is 11.5 Å². The Hall–Kier alpha value is -0.860. The molecule has 1 unspecified atom stereocenters. The largest absolute Gasteiger partial charge is 0.312 e. The molecule has 0 amide bonds. The molecule has 0 saturated carbocycles. The fraction of sp³-hybridized carbons (Fsp3) is 0.667. The molecule has 3 rings (SSSR count). The Morgan fingerprint density at radius 1 is 1.15 bits per heavy atom. The number of piperidine rings is 1. The summed E-state index contributed by atoms with van der Waals surface area (Å²) in [7, 11) is 0. The molecule has 2 aliphatic heterocycles. The molecule has 1 aromatic carbocycles. The van der Waals surface area contributed by atoms with Crippen molar-refractivity contribution in [1.29, 1.82) is 0 Å². The van der Waals surface area contributed by atoms with Crippen molar-refractivity contribution in [2.24, 2.45) is 5.41 Å². The summed E-state index contributed by atoms with van der Waals surface area (Å²) in [6.45, 7) is 9.69. The van der Waals surface area contributed by atoms with Gasteiger partial charge < -0.3 is 10.2 Å². The topological polar surface area (TPSA) is 15.3 Å². The van der Waals surface area contributed by atoms with E-state index in [0.717, 1.165) is 0 Å². The van der Waals surface area contributed by atoms with Crippen molar-refractivity contribution in [3.63, 3.8) is 0 Å². The number of nitrogens with zero attached hydrogens (tertiary/aromatic N) is 1. The number of benzene rings is 1. The zero-order valence-electron chi connectivity index (χ0n) is 13.0. The summed E-state index contributed by atoms with van der Waals surface area (Å²) in [5.41, 5.74) is 3.56. The second-order valence-corrected chi connectivity index (χ2v) is 7.17. The first-order valence-electron chi connectivity index (χ1n) is 8.18. The van der Waals surface area contributed by atoms with Gasteiger partial charge in [0, 0.05) is 25.7 Å². The molecule has 1 aromatic rings. The van der Waals surface area contributed by atoms with Gasteiger partial charge >= 0.3 is 0 Å². The van der Waals surface area contributed by atoms with E-state index in [2.05, 4.69) is 48.3 Å². The zero-order valence-corrected chi connectivity index (χ0v) is 13.0. The Bertz CT molecular complexity index is 425. The van der Waals surface area contributed by atoms with E-state index in [1.54, 1.807) is 11.1 Å². The lowest BCUT2D eigenvalue weighted by Gasteiger charge is -2.42. The Kier molecular flexibility index (Phi) is 4.13. The van der Waals surface area contributed by atoms with Crippen molar-refractivity contribution in [3.8, 4) is 0 Å². The lowest BCUT2D eigenvalue weighted by Crippen LogP contribution is -2.53. The third-order valence-corrected chi connectivity index (χ3v) is 5.29. The molecule has 0 spiro atoms. The van der Waals surface area contributed by atoms with E-state index in [4.69, 9.17) is 0 Å². The van der Waals surface area contributed by atoms with Crippen LogP contribution in [0.2, 0.25) is 0 Å². The minimum absolute atomic E-state index is 0.442. The molecule has 1 N–H and O–H groups in total. The third-order valence-electron chi connectivity index (χ3n) is 5.29. The van der Waals surface area contributed by atoms with E-state index in [1.165, 1.54) is 51.9 Å². The maximum atomic E-state index is 3.76. The summed E-state index contributed by atoms with van der Waals surface area (Å²) < 4.78 is 0. The third kappa shape index (κ3) is 3.07. The van der Waals surface area contributed by atoms with Crippen molar-refractivity contribution in [2.45, 2.75) is 45.6 Å². The molecule has 110 valence electrons. The molecule has 0 aromatic heterocycles. The van der Waals surface area contributed by atoms with Crippen LogP contribution in [0.5, 0.6) is 0 Å². The highest BCUT2D eigenvalue weighted by Crippen LogP contribution is 2.30. The Balaban J connectivity index is 1.62. The minimum Gasteiger partial charge on any atom is -0.312 e. The van der Waals surface area contributed by atoms with Crippen molar-refractivity contribution in [2.75, 3.05) is 26.2 Å². The second-order valence-electron chi connectivity index (χ2n) is 7.17. The number of rotatable bonds is 2. The molecule has 2 aliphatic rings. The van der Waals surface area contributed by atoms with Crippen molar-refractivity contribution in [1.82, 2.24) is 10.2 Å². The van der Waals surface area contributed by atoms with Crippen LogP contribution in [-0.4, -0.2) is 37.1 Å². The first-order chi connectivity index (χ1) is 9.65. The number of hydrogen-bond acceptors (Lipinski definition) is 2. The SMILES string of the molecule is CC1(C)CCCNC1CN1CCc2ccccc2CC1. The predicted octanol–water partition coefficient (Wildman–Crippen LogP) is 2.87. The molecular weight excluding hydrogens is 244 g/mol. The summed E-state index contributed by atoms with van der Waals surface area (Å²) in [5.74, 6) is 0. The van der Waals surface area contributed by atoms with Gasteiger partial charge in [0.25, 0.3) is 0 Å². The van der Waals surface area contributed by atoms with Crippen LogP contribution in [0.15, 0.2) is 24.3 Å². The predicted molar refractivity (Wildman–Crippen MR) is 85.1 cm³/mol. The van der Waals surface area contributed by atoms with E-state index in [9.17, 15) is 0 Å². The summed E-state index contributed by atoms with van der Waals surface area (Å²) in [4.78, 5) is 2.67. The van der Waals surface area contributed by atoms with E-state index in [1.807, 2.05) is 0 Å². The van der Waals surface area contributed by atoms with Gasteiger partial charge in [0.2, 0.25) is 0 Å². The van der Waals surface area contributed by atoms with Gasteiger partial charge in [0.1, 0.15) is 0 Å². The molecule has 0 bridgehead atoms. The Labute approximate surface area is 123 Å². The molecule has 1 saturated heterocycles. The van der Waals surface area contributed by atoms with Gasteiger partial charge in [-0.25, -0.2) is 0 Å². The molecule has 0 aliphatic carbocycles. The van der Waals surface area contributed by atoms with Gasteiger partial charge in [-0.3, -0.25) is 0 Å². The average molecular weight is 272 g/mol. The monoisotopic (exact) mass is 272 g/mol. The standard InChI is InChI=1S/C18H28N2/c1-18(2)10-5-11-19-17(18)14-20-12-8-15-6-3-4-7-16(15)9-13-20/h3-4,6-7,17,19H,5,8-14H2,1-2H3. The molecule has 20 heavy (non-hydrogen) atoms. The van der Waals surface area contributed by atoms with Crippen LogP contribution < -0.4 is 5.32 Å². The first-order valence-corrected chi connectivity index (χ1v) is 8.18. The lowest BCUT2D eigenvalue weighted by molar-refractivity contribution is 0.128. The minimum atomic E-state index is 0.442. The highest BCUT2D eigenvalue weighted by atomic mass is 15.2. The fourth-order valence-corrected chi connectivity index (χ4v) is 3.74. The Morgan fingerprint density at radius 3 is 2.40 bits per heavy atom. The van der Waals surface area contributed by atoms with Crippen LogP contribution in [0.1, 0.15) is 37.8 Å². The molecule has 0 radical (unpaired) electrons. The van der Waals surface area contributed by atoms with E-state index < -0.39 is 0 Å². The molecule has 2 heteroatoms. The summed E-state index contributed by atoms with van der Waals surface area (Å²) >= 11 is 0. The smallest absolute Gasteiger partial charge is 0.0246 e. The zero-order chi connectivity index (χ0) is 14.0. The Morgan fingerprint density at radius 2 is 1.80 bits per heavy atom. The summed E-state index contributed by atoms with van der Waals surface area (Å²) in [6, 6.07) is 9.63. The van der Waals surface area contributed by atoms with Crippen LogP contribution in [-0.2, 0) is 12.8 Å². The molecule has 2 heterocycles. The molecule has 1 fully saturated rings. The quantitative estimate of drug-likeness (QED) is 0.890. The van der Waals surface area contributed by atoms with Gasteiger partial charge in [-0.1, -0.05) is 38.1 Å². The highest BCUT2D eigenvalue weighted by Gasteiger charge is 2.33. The van der Waals surface area contributed by atoms with Crippen LogP contribution in [0.25, 0.3) is 0 Å². The number of hydrogen-bond donors (Lipinski definition) is 1. The fourth-order valence-electron chi connectivity index (χ4n) is 3.74. The van der Waals surface area contributed by atoms with Crippen molar-refractivity contribution in [3.05, 3.63) is 35.4 Å². The summed E-state index contributed by atoms with van der Waals surface area (Å²) in [6.07, 6.45) is 5.11. The highest BCUT2D eigenvalue weighted by molar-refractivity contribution is 5.28. The van der Waals surface area contributed by atoms with Crippen LogP contribution >= 0.6 is 0 Å². The van der Waals surface area contributed by atoms with Gasteiger partial charge in [0.05, 0.1) is 0 Å². The lowest BCUT2D eigenvalue weighted by atomic mass is 9.77. The number of nitrogens with one attached hydrogen (secondary N) is 1. The maximum absolute atomic E-state index is 3.76. The van der Waals surface area contributed by atoms with Crippen molar-refractivity contribution >= 4 is 0 Å². The first kappa shape index (κ1) is 14.1. The van der Waals surface area contributed by atoms with Crippen LogP contribution in [0, 0.1) is 5.41 Å². The second kappa shape index (κ2) is 5.87. The van der Waals surface area contributed by atoms with Gasteiger partial charge in [-0.2, -0.15) is 0 Å². The number of fused-ring (bicyclic) bond motifs is 1. The maximum Gasteiger partial charge on any atom is 0.0246 e. The van der Waals surface area contributed by atoms with Crippen LogP contribution in [0.3, 0.4) is 0 Å².